The number of likely N-dealkylation sites (tertiary alicyclic amines) is 1. The zero-order valence-corrected chi connectivity index (χ0v) is 20.5. The van der Waals surface area contributed by atoms with Gasteiger partial charge in [0.05, 0.1) is 11.5 Å². The van der Waals surface area contributed by atoms with Crippen LogP contribution in [0.1, 0.15) is 24.8 Å². The van der Waals surface area contributed by atoms with E-state index in [0.717, 1.165) is 50.1 Å². The molecule has 9 nitrogen and oxygen atoms in total. The highest BCUT2D eigenvalue weighted by Crippen LogP contribution is 2.37. The largest absolute Gasteiger partial charge is 0.494 e. The number of nitro groups is 1. The van der Waals surface area contributed by atoms with E-state index in [9.17, 15) is 24.1 Å². The van der Waals surface area contributed by atoms with Gasteiger partial charge in [0.1, 0.15) is 22.9 Å². The molecule has 5 rings (SSSR count). The summed E-state index contributed by atoms with van der Waals surface area (Å²) in [6.07, 6.45) is 3.67. The quantitative estimate of drug-likeness (QED) is 0.252. The Morgan fingerprint density at radius 2 is 1.81 bits per heavy atom. The Kier molecular flexibility index (Phi) is 7.18. The van der Waals surface area contributed by atoms with Crippen LogP contribution < -0.4 is 25.8 Å². The van der Waals surface area contributed by atoms with Crippen molar-refractivity contribution in [3.05, 3.63) is 84.4 Å². The molecule has 2 aliphatic heterocycles. The fourth-order valence-electron chi connectivity index (χ4n) is 5.25. The van der Waals surface area contributed by atoms with E-state index in [2.05, 4.69) is 10.2 Å². The summed E-state index contributed by atoms with van der Waals surface area (Å²) in [5.41, 5.74) is 1.24. The third-order valence-corrected chi connectivity index (χ3v) is 7.37. The number of anilines is 3. The third kappa shape index (κ3) is 5.34. The number of nitrogens with zero attached hydrogens (tertiary/aromatic N) is 3. The van der Waals surface area contributed by atoms with Crippen LogP contribution in [0.25, 0.3) is 0 Å². The van der Waals surface area contributed by atoms with Crippen molar-refractivity contribution in [2.24, 2.45) is 5.92 Å². The van der Waals surface area contributed by atoms with E-state index in [-0.39, 0.29) is 11.5 Å². The lowest BCUT2D eigenvalue weighted by molar-refractivity contribution is -0.384. The van der Waals surface area contributed by atoms with Crippen molar-refractivity contribution < 1.29 is 14.1 Å². The molecule has 0 atom stereocenters. The molecule has 3 aromatic carbocycles. The molecule has 0 saturated carbocycles. The Labute approximate surface area is 213 Å². The molecule has 0 spiro atoms. The van der Waals surface area contributed by atoms with Crippen LogP contribution in [0, 0.1) is 21.8 Å². The van der Waals surface area contributed by atoms with Crippen molar-refractivity contribution in [1.29, 1.82) is 0 Å². The fourth-order valence-corrected chi connectivity index (χ4v) is 5.25. The minimum absolute atomic E-state index is 0.0214. The lowest BCUT2D eigenvalue weighted by Gasteiger charge is -2.32. The van der Waals surface area contributed by atoms with Gasteiger partial charge in [-0.2, -0.15) is 0 Å². The standard InChI is InChI=1S/C27H29FN4O5/c28-20-1-4-22(5-2-20)37-16-10-18-7-12-30(13-8-18)15-11-29-24-25(27(34)26(24)33)31-14-9-19-17-21(32(35)36)3-6-23(19)31/h1-6,17-18,29H,7-16H2. The highest BCUT2D eigenvalue weighted by atomic mass is 19.1. The van der Waals surface area contributed by atoms with Crippen molar-refractivity contribution in [2.75, 3.05) is 49.5 Å². The summed E-state index contributed by atoms with van der Waals surface area (Å²) < 4.78 is 18.7. The molecule has 2 aliphatic rings. The van der Waals surface area contributed by atoms with Crippen molar-refractivity contribution in [1.82, 2.24) is 4.90 Å². The molecule has 0 radical (unpaired) electrons. The lowest BCUT2D eigenvalue weighted by Crippen LogP contribution is -2.42. The van der Waals surface area contributed by atoms with E-state index >= 15 is 0 Å². The van der Waals surface area contributed by atoms with Crippen LogP contribution in [0.2, 0.25) is 0 Å². The first-order chi connectivity index (χ1) is 17.9. The predicted molar refractivity (Wildman–Crippen MR) is 139 cm³/mol. The fraction of sp³-hybridized carbons (Fsp3) is 0.407. The maximum Gasteiger partial charge on any atom is 0.269 e. The van der Waals surface area contributed by atoms with Gasteiger partial charge in [0.2, 0.25) is 0 Å². The summed E-state index contributed by atoms with van der Waals surface area (Å²) in [4.78, 5) is 39.5. The number of nitro benzene ring substituents is 1. The number of nitrogens with one attached hydrogen (secondary N) is 1. The molecule has 0 aromatic heterocycles. The monoisotopic (exact) mass is 508 g/mol. The van der Waals surface area contributed by atoms with E-state index < -0.39 is 15.8 Å². The number of piperidine rings is 1. The van der Waals surface area contributed by atoms with Gasteiger partial charge in [-0.15, -0.1) is 0 Å². The van der Waals surface area contributed by atoms with Crippen LogP contribution in [0.15, 0.2) is 52.1 Å². The normalized spacial score (nSPS) is 16.2. The SMILES string of the molecule is O=c1c(NCCN2CCC(CCOc3ccc(F)cc3)CC2)c(N2CCc3cc([N+](=O)[O-])ccc32)c1=O. The number of non-ortho nitro benzene ring substituents is 1. The number of halogens is 1. The van der Waals surface area contributed by atoms with Gasteiger partial charge in [-0.05, 0) is 80.6 Å². The van der Waals surface area contributed by atoms with Gasteiger partial charge >= 0.3 is 0 Å². The Balaban J connectivity index is 1.08. The molecule has 2 heterocycles. The molecular formula is C27H29FN4O5. The van der Waals surface area contributed by atoms with Gasteiger partial charge in [0, 0.05) is 37.5 Å². The average molecular weight is 509 g/mol. The van der Waals surface area contributed by atoms with Crippen molar-refractivity contribution in [2.45, 2.75) is 25.7 Å². The Hall–Kier alpha value is -3.79. The third-order valence-electron chi connectivity index (χ3n) is 7.37. The van der Waals surface area contributed by atoms with E-state index in [1.807, 2.05) is 0 Å². The van der Waals surface area contributed by atoms with Crippen LogP contribution in [-0.2, 0) is 6.42 Å². The highest BCUT2D eigenvalue weighted by Gasteiger charge is 2.32. The van der Waals surface area contributed by atoms with Gasteiger partial charge in [-0.3, -0.25) is 19.7 Å². The maximum atomic E-state index is 13.0. The molecule has 10 heteroatoms. The topological polar surface area (TPSA) is 105 Å². The summed E-state index contributed by atoms with van der Waals surface area (Å²) in [5.74, 6) is 0.988. The zero-order chi connectivity index (χ0) is 25.9. The summed E-state index contributed by atoms with van der Waals surface area (Å²) in [6, 6.07) is 10.7. The molecule has 3 aromatic rings. The van der Waals surface area contributed by atoms with Crippen molar-refractivity contribution >= 4 is 22.7 Å². The van der Waals surface area contributed by atoms with Gasteiger partial charge in [-0.1, -0.05) is 0 Å². The number of fused-ring (bicyclic) bond motifs is 1. The first-order valence-electron chi connectivity index (χ1n) is 12.6. The number of benzene rings is 2. The molecule has 1 saturated heterocycles. The minimum Gasteiger partial charge on any atom is -0.494 e. The van der Waals surface area contributed by atoms with Gasteiger partial charge in [0.25, 0.3) is 16.5 Å². The second-order valence-corrected chi connectivity index (χ2v) is 9.66. The molecule has 1 fully saturated rings. The van der Waals surface area contributed by atoms with Crippen molar-refractivity contribution in [3.8, 4) is 5.75 Å². The van der Waals surface area contributed by atoms with Crippen molar-refractivity contribution in [3.63, 3.8) is 0 Å². The summed E-state index contributed by atoms with van der Waals surface area (Å²) >= 11 is 0. The molecule has 1 N–H and O–H groups in total. The van der Waals surface area contributed by atoms with Crippen LogP contribution >= 0.6 is 0 Å². The van der Waals surface area contributed by atoms with E-state index in [1.54, 1.807) is 23.1 Å². The maximum absolute atomic E-state index is 13.0. The molecule has 0 bridgehead atoms. The van der Waals surface area contributed by atoms with Gasteiger partial charge < -0.3 is 19.9 Å². The second-order valence-electron chi connectivity index (χ2n) is 9.66. The predicted octanol–water partition coefficient (Wildman–Crippen LogP) is 3.62. The highest BCUT2D eigenvalue weighted by molar-refractivity contribution is 5.83. The minimum atomic E-state index is -0.516. The van der Waals surface area contributed by atoms with Gasteiger partial charge in [0.15, 0.2) is 0 Å². The molecular weight excluding hydrogens is 479 g/mol. The van der Waals surface area contributed by atoms with E-state index in [4.69, 9.17) is 4.74 Å². The number of rotatable bonds is 10. The summed E-state index contributed by atoms with van der Waals surface area (Å²) in [5, 5.41) is 14.2. The first kappa shape index (κ1) is 24.9. The Bertz CT molecular complexity index is 1340. The van der Waals surface area contributed by atoms with Crippen LogP contribution in [-0.4, -0.2) is 49.2 Å². The summed E-state index contributed by atoms with van der Waals surface area (Å²) in [6.45, 7) is 4.35. The van der Waals surface area contributed by atoms with E-state index in [1.165, 1.54) is 24.3 Å². The number of ether oxygens (including phenoxy) is 1. The molecule has 194 valence electrons. The molecule has 37 heavy (non-hydrogen) atoms. The Morgan fingerprint density at radius 1 is 1.05 bits per heavy atom. The summed E-state index contributed by atoms with van der Waals surface area (Å²) in [7, 11) is 0. The van der Waals surface area contributed by atoms with Gasteiger partial charge in [-0.25, -0.2) is 4.39 Å². The number of hydrogen-bond donors (Lipinski definition) is 1. The number of hydrogen-bond acceptors (Lipinski definition) is 8. The molecule has 0 amide bonds. The average Bonchev–Trinajstić information content (AvgIpc) is 3.32. The zero-order valence-electron chi connectivity index (χ0n) is 20.5. The van der Waals surface area contributed by atoms with Crippen LogP contribution in [0.5, 0.6) is 5.75 Å². The molecule has 0 aliphatic carbocycles. The van der Waals surface area contributed by atoms with Crippen LogP contribution in [0.3, 0.4) is 0 Å². The second kappa shape index (κ2) is 10.7. The smallest absolute Gasteiger partial charge is 0.269 e. The van der Waals surface area contributed by atoms with E-state index in [0.29, 0.717) is 49.2 Å². The first-order valence-corrected chi connectivity index (χ1v) is 12.6. The molecule has 0 unspecified atom stereocenters. The Morgan fingerprint density at radius 3 is 2.54 bits per heavy atom. The van der Waals surface area contributed by atoms with Crippen LogP contribution in [0.4, 0.5) is 27.1 Å². The lowest BCUT2D eigenvalue weighted by atomic mass is 9.94.